The number of ether oxygens (including phenoxy) is 2. The third kappa shape index (κ3) is 3.30. The molecule has 5 heteroatoms. The summed E-state index contributed by atoms with van der Waals surface area (Å²) in [5.74, 6) is -0.146. The number of benzene rings is 2. The highest BCUT2D eigenvalue weighted by Crippen LogP contribution is 2.37. The van der Waals surface area contributed by atoms with Crippen LogP contribution in [0.3, 0.4) is 0 Å². The van der Waals surface area contributed by atoms with Crippen molar-refractivity contribution in [3.8, 4) is 11.5 Å². The topological polar surface area (TPSA) is 55.8 Å². The van der Waals surface area contributed by atoms with Gasteiger partial charge < -0.3 is 14.6 Å². The Morgan fingerprint density at radius 2 is 1.95 bits per heavy atom. The van der Waals surface area contributed by atoms with Gasteiger partial charge in [0.15, 0.2) is 11.5 Å². The molecule has 2 rings (SSSR count). The lowest BCUT2D eigenvalue weighted by molar-refractivity contribution is 0.0696. The van der Waals surface area contributed by atoms with E-state index < -0.39 is 5.97 Å². The summed E-state index contributed by atoms with van der Waals surface area (Å²) in [5, 5.41) is 9.07. The number of aromatic carboxylic acids is 1. The van der Waals surface area contributed by atoms with E-state index in [4.69, 9.17) is 14.6 Å². The van der Waals surface area contributed by atoms with Gasteiger partial charge in [0, 0.05) is 0 Å². The molecule has 0 aliphatic heterocycles. The molecule has 0 bridgehead atoms. The average molecular weight is 337 g/mol. The van der Waals surface area contributed by atoms with Gasteiger partial charge in [0.05, 0.1) is 17.1 Å². The Bertz CT molecular complexity index is 611. The largest absolute Gasteiger partial charge is 0.492 e. The molecule has 1 N–H and O–H groups in total. The van der Waals surface area contributed by atoms with Crippen LogP contribution in [0.5, 0.6) is 11.5 Å². The summed E-state index contributed by atoms with van der Waals surface area (Å²) < 4.78 is 11.4. The fourth-order valence-electron chi connectivity index (χ4n) is 1.73. The van der Waals surface area contributed by atoms with Crippen LogP contribution < -0.4 is 9.47 Å². The third-order valence-electron chi connectivity index (χ3n) is 2.70. The van der Waals surface area contributed by atoms with Crippen molar-refractivity contribution < 1.29 is 19.4 Å². The molecule has 0 amide bonds. The number of carbonyl (C=O) groups is 1. The minimum absolute atomic E-state index is 0.140. The van der Waals surface area contributed by atoms with Crippen molar-refractivity contribution in [2.45, 2.75) is 6.61 Å². The lowest BCUT2D eigenvalue weighted by atomic mass is 10.2. The van der Waals surface area contributed by atoms with E-state index in [1.165, 1.54) is 19.2 Å². The van der Waals surface area contributed by atoms with E-state index in [0.717, 1.165) is 5.56 Å². The first kappa shape index (κ1) is 14.4. The van der Waals surface area contributed by atoms with Crippen molar-refractivity contribution in [3.05, 3.63) is 58.1 Å². The summed E-state index contributed by atoms with van der Waals surface area (Å²) in [4.78, 5) is 11.1. The van der Waals surface area contributed by atoms with Crippen LogP contribution in [0.25, 0.3) is 0 Å². The maximum atomic E-state index is 11.1. The molecule has 0 heterocycles. The molecule has 104 valence electrons. The van der Waals surface area contributed by atoms with Crippen LogP contribution >= 0.6 is 15.9 Å². The Hall–Kier alpha value is -2.01. The molecular formula is C15H13BrO4. The van der Waals surface area contributed by atoms with Crippen molar-refractivity contribution in [1.82, 2.24) is 0 Å². The summed E-state index contributed by atoms with van der Waals surface area (Å²) in [6.07, 6.45) is 0. The summed E-state index contributed by atoms with van der Waals surface area (Å²) in [5.41, 5.74) is 1.13. The monoisotopic (exact) mass is 336 g/mol. The number of rotatable bonds is 5. The zero-order chi connectivity index (χ0) is 14.5. The lowest BCUT2D eigenvalue weighted by Crippen LogP contribution is -2.02. The average Bonchev–Trinajstić information content (AvgIpc) is 2.45. The zero-order valence-electron chi connectivity index (χ0n) is 10.8. The highest BCUT2D eigenvalue weighted by atomic mass is 79.9. The number of carboxylic acid groups (broad SMARTS) is 1. The van der Waals surface area contributed by atoms with Gasteiger partial charge in [0.25, 0.3) is 0 Å². The van der Waals surface area contributed by atoms with Gasteiger partial charge in [-0.25, -0.2) is 4.79 Å². The normalized spacial score (nSPS) is 10.1. The smallest absolute Gasteiger partial charge is 0.335 e. The summed E-state index contributed by atoms with van der Waals surface area (Å²) in [6, 6.07) is 12.6. The Kier molecular flexibility index (Phi) is 4.63. The van der Waals surface area contributed by atoms with Gasteiger partial charge in [-0.15, -0.1) is 0 Å². The van der Waals surface area contributed by atoms with E-state index in [1.54, 1.807) is 0 Å². The van der Waals surface area contributed by atoms with Gasteiger partial charge in [-0.3, -0.25) is 0 Å². The van der Waals surface area contributed by atoms with E-state index >= 15 is 0 Å². The number of hydrogen-bond acceptors (Lipinski definition) is 3. The standard InChI is InChI=1S/C15H13BrO4/c1-19-14-12(16)7-11(15(17)18)8-13(14)20-9-10-5-3-2-4-6-10/h2-8H,9H2,1H3,(H,17,18). The van der Waals surface area contributed by atoms with E-state index in [0.29, 0.717) is 22.6 Å². The van der Waals surface area contributed by atoms with Gasteiger partial charge >= 0.3 is 5.97 Å². The maximum absolute atomic E-state index is 11.1. The van der Waals surface area contributed by atoms with E-state index in [2.05, 4.69) is 15.9 Å². The Labute approximate surface area is 125 Å². The van der Waals surface area contributed by atoms with E-state index in [9.17, 15) is 4.79 Å². The minimum atomic E-state index is -1.02. The molecule has 0 fully saturated rings. The number of halogens is 1. The fraction of sp³-hybridized carbons (Fsp3) is 0.133. The molecular weight excluding hydrogens is 324 g/mol. The molecule has 0 saturated carbocycles. The number of carboxylic acids is 1. The van der Waals surface area contributed by atoms with Crippen molar-refractivity contribution in [2.75, 3.05) is 7.11 Å². The maximum Gasteiger partial charge on any atom is 0.335 e. The van der Waals surface area contributed by atoms with Gasteiger partial charge in [-0.1, -0.05) is 30.3 Å². The van der Waals surface area contributed by atoms with Crippen LogP contribution in [-0.2, 0) is 6.61 Å². The zero-order valence-corrected chi connectivity index (χ0v) is 12.4. The molecule has 0 radical (unpaired) electrons. The molecule has 0 spiro atoms. The molecule has 0 atom stereocenters. The predicted molar refractivity (Wildman–Crippen MR) is 78.4 cm³/mol. The Morgan fingerprint density at radius 1 is 1.25 bits per heavy atom. The van der Waals surface area contributed by atoms with Crippen LogP contribution in [0.4, 0.5) is 0 Å². The third-order valence-corrected chi connectivity index (χ3v) is 3.29. The molecule has 0 aliphatic rings. The van der Waals surface area contributed by atoms with Gasteiger partial charge in [-0.05, 0) is 33.6 Å². The van der Waals surface area contributed by atoms with Crippen LogP contribution in [0.15, 0.2) is 46.9 Å². The molecule has 2 aromatic rings. The highest BCUT2D eigenvalue weighted by molar-refractivity contribution is 9.10. The fourth-order valence-corrected chi connectivity index (χ4v) is 2.34. The Morgan fingerprint density at radius 3 is 2.55 bits per heavy atom. The molecule has 0 unspecified atom stereocenters. The van der Waals surface area contributed by atoms with Crippen LogP contribution in [0.1, 0.15) is 15.9 Å². The summed E-state index contributed by atoms with van der Waals surface area (Å²) >= 11 is 3.28. The second kappa shape index (κ2) is 6.43. The molecule has 0 aromatic heterocycles. The lowest BCUT2D eigenvalue weighted by Gasteiger charge is -2.13. The summed E-state index contributed by atoms with van der Waals surface area (Å²) in [7, 11) is 1.51. The van der Waals surface area contributed by atoms with Crippen molar-refractivity contribution in [2.24, 2.45) is 0 Å². The van der Waals surface area contributed by atoms with Crippen LogP contribution in [-0.4, -0.2) is 18.2 Å². The molecule has 4 nitrogen and oxygen atoms in total. The van der Waals surface area contributed by atoms with E-state index in [-0.39, 0.29) is 5.56 Å². The van der Waals surface area contributed by atoms with Gasteiger partial charge in [0.1, 0.15) is 6.61 Å². The molecule has 2 aromatic carbocycles. The van der Waals surface area contributed by atoms with E-state index in [1.807, 2.05) is 30.3 Å². The minimum Gasteiger partial charge on any atom is -0.492 e. The summed E-state index contributed by atoms with van der Waals surface area (Å²) in [6.45, 7) is 0.340. The van der Waals surface area contributed by atoms with Crippen molar-refractivity contribution in [1.29, 1.82) is 0 Å². The first-order valence-electron chi connectivity index (χ1n) is 5.89. The van der Waals surface area contributed by atoms with Crippen molar-refractivity contribution in [3.63, 3.8) is 0 Å². The first-order valence-corrected chi connectivity index (χ1v) is 6.68. The Balaban J connectivity index is 2.27. The first-order chi connectivity index (χ1) is 9.61. The molecule has 0 saturated heterocycles. The van der Waals surface area contributed by atoms with Crippen LogP contribution in [0, 0.1) is 0 Å². The number of hydrogen-bond donors (Lipinski definition) is 1. The van der Waals surface area contributed by atoms with Gasteiger partial charge in [0.2, 0.25) is 0 Å². The van der Waals surface area contributed by atoms with Crippen LogP contribution in [0.2, 0.25) is 0 Å². The second-order valence-electron chi connectivity index (χ2n) is 4.07. The number of methoxy groups -OCH3 is 1. The molecule has 20 heavy (non-hydrogen) atoms. The SMILES string of the molecule is COc1c(Br)cc(C(=O)O)cc1OCc1ccccc1. The predicted octanol–water partition coefficient (Wildman–Crippen LogP) is 3.73. The van der Waals surface area contributed by atoms with Crippen molar-refractivity contribution >= 4 is 21.9 Å². The van der Waals surface area contributed by atoms with Gasteiger partial charge in [-0.2, -0.15) is 0 Å². The quantitative estimate of drug-likeness (QED) is 0.903. The highest BCUT2D eigenvalue weighted by Gasteiger charge is 2.14. The molecule has 0 aliphatic carbocycles. The second-order valence-corrected chi connectivity index (χ2v) is 4.92.